The second kappa shape index (κ2) is 5.78. The Balaban J connectivity index is 2.00. The van der Waals surface area contributed by atoms with Crippen molar-refractivity contribution in [2.24, 2.45) is 0 Å². The average Bonchev–Trinajstić information content (AvgIpc) is 2.82. The summed E-state index contributed by atoms with van der Waals surface area (Å²) < 4.78 is 5.57. The molecule has 0 aliphatic carbocycles. The van der Waals surface area contributed by atoms with E-state index in [0.29, 0.717) is 17.3 Å². The van der Waals surface area contributed by atoms with E-state index in [1.807, 2.05) is 32.0 Å². The van der Waals surface area contributed by atoms with Gasteiger partial charge in [-0.3, -0.25) is 0 Å². The topological polar surface area (TPSA) is 49.9 Å². The van der Waals surface area contributed by atoms with Gasteiger partial charge in [-0.2, -0.15) is 0 Å². The number of nitrogens with zero attached hydrogens (tertiary/aromatic N) is 1. The molecule has 96 valence electrons. The van der Waals surface area contributed by atoms with E-state index in [1.165, 1.54) is 0 Å². The lowest BCUT2D eigenvalue weighted by Crippen LogP contribution is -2.06. The highest BCUT2D eigenvalue weighted by molar-refractivity contribution is 6.32. The lowest BCUT2D eigenvalue weighted by atomic mass is 10.3. The Bertz CT molecular complexity index is 497. The molecule has 0 unspecified atom stereocenters. The van der Waals surface area contributed by atoms with Crippen LogP contribution in [0.25, 0.3) is 0 Å². The number of aromatic nitrogens is 2. The first-order valence-corrected chi connectivity index (χ1v) is 6.20. The maximum atomic E-state index is 6.15. The lowest BCUT2D eigenvalue weighted by Gasteiger charge is -2.12. The molecule has 2 rings (SSSR count). The fourth-order valence-corrected chi connectivity index (χ4v) is 1.76. The van der Waals surface area contributed by atoms with E-state index in [4.69, 9.17) is 16.3 Å². The van der Waals surface area contributed by atoms with E-state index in [2.05, 4.69) is 15.3 Å². The molecule has 0 spiro atoms. The third kappa shape index (κ3) is 3.40. The number of H-pyrrole nitrogens is 1. The SMILES string of the molecule is CC(C)Oc1ccc(NCc2cnc[nH]2)cc1Cl. The third-order valence-corrected chi connectivity index (χ3v) is 2.63. The van der Waals surface area contributed by atoms with Gasteiger partial charge < -0.3 is 15.0 Å². The minimum absolute atomic E-state index is 0.117. The van der Waals surface area contributed by atoms with Crippen LogP contribution in [0.5, 0.6) is 5.75 Å². The molecule has 4 nitrogen and oxygen atoms in total. The van der Waals surface area contributed by atoms with Crippen molar-refractivity contribution in [1.82, 2.24) is 9.97 Å². The maximum Gasteiger partial charge on any atom is 0.138 e. The van der Waals surface area contributed by atoms with Crippen molar-refractivity contribution in [3.05, 3.63) is 41.4 Å². The molecule has 5 heteroatoms. The first-order valence-electron chi connectivity index (χ1n) is 5.82. The van der Waals surface area contributed by atoms with Crippen LogP contribution in [-0.2, 0) is 6.54 Å². The number of rotatable bonds is 5. The summed E-state index contributed by atoms with van der Waals surface area (Å²) in [6.07, 6.45) is 3.56. The van der Waals surface area contributed by atoms with Crippen molar-refractivity contribution >= 4 is 17.3 Å². The molecular formula is C13H16ClN3O. The molecule has 0 aliphatic rings. The quantitative estimate of drug-likeness (QED) is 0.870. The average molecular weight is 266 g/mol. The van der Waals surface area contributed by atoms with Crippen molar-refractivity contribution < 1.29 is 4.74 Å². The smallest absolute Gasteiger partial charge is 0.138 e. The van der Waals surface area contributed by atoms with Gasteiger partial charge in [-0.05, 0) is 32.0 Å². The number of ether oxygens (including phenoxy) is 1. The second-order valence-electron chi connectivity index (χ2n) is 4.24. The summed E-state index contributed by atoms with van der Waals surface area (Å²) in [6.45, 7) is 4.63. The van der Waals surface area contributed by atoms with Crippen LogP contribution in [0.15, 0.2) is 30.7 Å². The third-order valence-electron chi connectivity index (χ3n) is 2.33. The van der Waals surface area contributed by atoms with Crippen LogP contribution >= 0.6 is 11.6 Å². The number of nitrogens with one attached hydrogen (secondary N) is 2. The van der Waals surface area contributed by atoms with E-state index in [-0.39, 0.29) is 6.10 Å². The highest BCUT2D eigenvalue weighted by Gasteiger charge is 2.05. The Morgan fingerprint density at radius 3 is 2.89 bits per heavy atom. The van der Waals surface area contributed by atoms with E-state index < -0.39 is 0 Å². The van der Waals surface area contributed by atoms with Gasteiger partial charge in [0.2, 0.25) is 0 Å². The van der Waals surface area contributed by atoms with Crippen LogP contribution in [0.3, 0.4) is 0 Å². The zero-order valence-corrected chi connectivity index (χ0v) is 11.2. The molecule has 0 aliphatic heterocycles. The van der Waals surface area contributed by atoms with Gasteiger partial charge in [-0.25, -0.2) is 4.98 Å². The number of imidazole rings is 1. The second-order valence-corrected chi connectivity index (χ2v) is 4.65. The highest BCUT2D eigenvalue weighted by Crippen LogP contribution is 2.28. The summed E-state index contributed by atoms with van der Waals surface area (Å²) in [7, 11) is 0. The predicted octanol–water partition coefficient (Wildman–Crippen LogP) is 3.46. The van der Waals surface area contributed by atoms with Gasteiger partial charge >= 0.3 is 0 Å². The molecule has 0 amide bonds. The van der Waals surface area contributed by atoms with Gasteiger partial charge in [0.15, 0.2) is 0 Å². The molecular weight excluding hydrogens is 250 g/mol. The zero-order chi connectivity index (χ0) is 13.0. The Labute approximate surface area is 111 Å². The summed E-state index contributed by atoms with van der Waals surface area (Å²) in [5.41, 5.74) is 1.97. The minimum atomic E-state index is 0.117. The molecule has 0 radical (unpaired) electrons. The molecule has 18 heavy (non-hydrogen) atoms. The maximum absolute atomic E-state index is 6.15. The Morgan fingerprint density at radius 1 is 1.44 bits per heavy atom. The molecule has 0 saturated carbocycles. The van der Waals surface area contributed by atoms with Crippen molar-refractivity contribution in [3.8, 4) is 5.75 Å². The number of halogens is 1. The van der Waals surface area contributed by atoms with E-state index in [9.17, 15) is 0 Å². The normalized spacial score (nSPS) is 10.7. The van der Waals surface area contributed by atoms with Crippen LogP contribution in [0, 0.1) is 0 Å². The van der Waals surface area contributed by atoms with E-state index >= 15 is 0 Å². The summed E-state index contributed by atoms with van der Waals surface area (Å²) in [5.74, 6) is 0.707. The molecule has 2 N–H and O–H groups in total. The first kappa shape index (κ1) is 12.8. The minimum Gasteiger partial charge on any atom is -0.489 e. The summed E-state index contributed by atoms with van der Waals surface area (Å²) >= 11 is 6.15. The van der Waals surface area contributed by atoms with Crippen LogP contribution < -0.4 is 10.1 Å². The number of aromatic amines is 1. The van der Waals surface area contributed by atoms with Gasteiger partial charge in [-0.15, -0.1) is 0 Å². The van der Waals surface area contributed by atoms with Crippen LogP contribution in [0.1, 0.15) is 19.5 Å². The van der Waals surface area contributed by atoms with Crippen molar-refractivity contribution in [3.63, 3.8) is 0 Å². The van der Waals surface area contributed by atoms with Crippen molar-refractivity contribution in [1.29, 1.82) is 0 Å². The van der Waals surface area contributed by atoms with Gasteiger partial charge in [0.05, 0.1) is 29.7 Å². The molecule has 0 atom stereocenters. The van der Waals surface area contributed by atoms with Crippen LogP contribution in [-0.4, -0.2) is 16.1 Å². The monoisotopic (exact) mass is 265 g/mol. The van der Waals surface area contributed by atoms with Crippen molar-refractivity contribution in [2.75, 3.05) is 5.32 Å². The molecule has 0 bridgehead atoms. The molecule has 1 aromatic heterocycles. The van der Waals surface area contributed by atoms with Crippen LogP contribution in [0.2, 0.25) is 5.02 Å². The van der Waals surface area contributed by atoms with E-state index in [0.717, 1.165) is 11.4 Å². The van der Waals surface area contributed by atoms with Gasteiger partial charge in [0, 0.05) is 11.9 Å². The Morgan fingerprint density at radius 2 is 2.28 bits per heavy atom. The molecule has 1 heterocycles. The zero-order valence-electron chi connectivity index (χ0n) is 10.4. The van der Waals surface area contributed by atoms with Crippen molar-refractivity contribution in [2.45, 2.75) is 26.5 Å². The number of anilines is 1. The Kier molecular flexibility index (Phi) is 4.10. The lowest BCUT2D eigenvalue weighted by molar-refractivity contribution is 0.242. The predicted molar refractivity (Wildman–Crippen MR) is 73.1 cm³/mol. The molecule has 0 fully saturated rings. The number of benzene rings is 1. The van der Waals surface area contributed by atoms with Gasteiger partial charge in [0.25, 0.3) is 0 Å². The standard InChI is InChI=1S/C13H16ClN3O/c1-9(2)18-13-4-3-10(5-12(13)14)16-7-11-6-15-8-17-11/h3-6,8-9,16H,7H2,1-2H3,(H,15,17). The van der Waals surface area contributed by atoms with Gasteiger partial charge in [-0.1, -0.05) is 11.6 Å². The molecule has 1 aromatic carbocycles. The van der Waals surface area contributed by atoms with Crippen LogP contribution in [0.4, 0.5) is 5.69 Å². The number of hydrogen-bond acceptors (Lipinski definition) is 3. The molecule has 0 saturated heterocycles. The summed E-state index contributed by atoms with van der Waals surface area (Å²) in [5, 5.41) is 3.87. The molecule has 2 aromatic rings. The fourth-order valence-electron chi connectivity index (χ4n) is 1.54. The summed E-state index contributed by atoms with van der Waals surface area (Å²) in [6, 6.07) is 5.67. The Hall–Kier alpha value is -1.68. The van der Waals surface area contributed by atoms with E-state index in [1.54, 1.807) is 12.5 Å². The fraction of sp³-hybridized carbons (Fsp3) is 0.308. The summed E-state index contributed by atoms with van der Waals surface area (Å²) in [4.78, 5) is 6.99. The largest absolute Gasteiger partial charge is 0.489 e. The highest BCUT2D eigenvalue weighted by atomic mass is 35.5. The first-order chi connectivity index (χ1) is 8.65. The number of hydrogen-bond donors (Lipinski definition) is 2. The van der Waals surface area contributed by atoms with Gasteiger partial charge in [0.1, 0.15) is 5.75 Å².